The van der Waals surface area contributed by atoms with Gasteiger partial charge in [-0.25, -0.2) is 13.9 Å². The third-order valence-corrected chi connectivity index (χ3v) is 10.5. The van der Waals surface area contributed by atoms with Gasteiger partial charge in [-0.1, -0.05) is 43.4 Å². The zero-order chi connectivity index (χ0) is 29.4. The molecule has 1 aromatic heterocycles. The third kappa shape index (κ3) is 6.96. The normalized spacial score (nSPS) is 18.1. The zero-order valence-electron chi connectivity index (χ0n) is 24.5. The number of carbonyl (C=O) groups is 1. The number of halogens is 2. The molecule has 0 spiro atoms. The first-order valence-electron chi connectivity index (χ1n) is 14.6. The molecule has 2 aliphatic rings. The lowest BCUT2D eigenvalue weighted by atomic mass is 9.73. The maximum absolute atomic E-state index is 13.8. The molecule has 2 aromatic carbocycles. The Morgan fingerprint density at radius 3 is 2.49 bits per heavy atom. The Hall–Kier alpha value is -2.46. The molecule has 2 heterocycles. The molecule has 1 N–H and O–H groups in total. The van der Waals surface area contributed by atoms with Gasteiger partial charge in [0.15, 0.2) is 0 Å². The van der Waals surface area contributed by atoms with Crippen LogP contribution in [0.5, 0.6) is 0 Å². The molecule has 1 saturated heterocycles. The van der Waals surface area contributed by atoms with Crippen LogP contribution in [0.25, 0.3) is 10.9 Å². The molecule has 0 bridgehead atoms. The second-order valence-electron chi connectivity index (χ2n) is 12.9. The number of fused-ring (bicyclic) bond motifs is 1. The molecule has 1 amide bonds. The average molecular weight is 602 g/mol. The van der Waals surface area contributed by atoms with Gasteiger partial charge in [0.2, 0.25) is 0 Å². The predicted octanol–water partition coefficient (Wildman–Crippen LogP) is 7.81. The van der Waals surface area contributed by atoms with Crippen LogP contribution in [0, 0.1) is 5.82 Å². The second-order valence-corrected chi connectivity index (χ2v) is 19.0. The maximum Gasteiger partial charge on any atom is 0.407 e. The minimum atomic E-state index is -1.21. The second kappa shape index (κ2) is 12.0. The molecule has 1 unspecified atom stereocenters. The van der Waals surface area contributed by atoms with Crippen molar-refractivity contribution in [1.82, 2.24) is 14.7 Å². The van der Waals surface area contributed by atoms with Crippen molar-refractivity contribution in [2.75, 3.05) is 26.3 Å². The summed E-state index contributed by atoms with van der Waals surface area (Å²) in [5.74, 6) is 0.152. The summed E-state index contributed by atoms with van der Waals surface area (Å²) in [6.45, 7) is 11.3. The highest BCUT2D eigenvalue weighted by Gasteiger charge is 2.39. The fourth-order valence-corrected chi connectivity index (χ4v) is 6.73. The Bertz CT molecular complexity index is 1380. The third-order valence-electron chi connectivity index (χ3n) is 8.54. The van der Waals surface area contributed by atoms with E-state index in [4.69, 9.17) is 26.2 Å². The lowest BCUT2D eigenvalue weighted by Crippen LogP contribution is -2.47. The molecule has 1 saturated carbocycles. The Morgan fingerprint density at radius 1 is 1.20 bits per heavy atom. The van der Waals surface area contributed by atoms with E-state index in [0.29, 0.717) is 56.8 Å². The minimum absolute atomic E-state index is 0.297. The summed E-state index contributed by atoms with van der Waals surface area (Å²) in [5, 5.41) is 16.2. The van der Waals surface area contributed by atoms with Gasteiger partial charge < -0.3 is 19.5 Å². The number of ether oxygens (including phenoxy) is 2. The van der Waals surface area contributed by atoms with E-state index in [1.165, 1.54) is 17.0 Å². The van der Waals surface area contributed by atoms with E-state index in [2.05, 4.69) is 19.6 Å². The standard InChI is InChI=1S/C31H41ClFN3O4Si/c1-21(40-19-31(23-7-9-25(33)10-8-23)11-13-35(14-12-31)30(37)38)26-17-24(32)18-27-28(22-5-6-22)34-36(29(26)27)20-39-15-16-41(2,3)4/h7-10,17-18,21-22H,5-6,11-16,19-20H2,1-4H3,(H,37,38). The lowest BCUT2D eigenvalue weighted by molar-refractivity contribution is 0.00527. The molecule has 1 atom stereocenters. The van der Waals surface area contributed by atoms with Gasteiger partial charge in [-0.3, -0.25) is 0 Å². The molecule has 222 valence electrons. The first kappa shape index (κ1) is 30.0. The van der Waals surface area contributed by atoms with Crippen molar-refractivity contribution in [1.29, 1.82) is 0 Å². The topological polar surface area (TPSA) is 76.8 Å². The van der Waals surface area contributed by atoms with Crippen LogP contribution in [-0.4, -0.2) is 60.3 Å². The van der Waals surface area contributed by atoms with Gasteiger partial charge in [-0.2, -0.15) is 5.10 Å². The number of hydrogen-bond acceptors (Lipinski definition) is 4. The molecule has 5 rings (SSSR count). The van der Waals surface area contributed by atoms with Crippen molar-refractivity contribution in [3.05, 3.63) is 64.1 Å². The van der Waals surface area contributed by atoms with Crippen LogP contribution in [0.4, 0.5) is 9.18 Å². The Balaban J connectivity index is 1.42. The lowest BCUT2D eigenvalue weighted by Gasteiger charge is -2.41. The number of carboxylic acid groups (broad SMARTS) is 1. The average Bonchev–Trinajstić information content (AvgIpc) is 3.71. The highest BCUT2D eigenvalue weighted by atomic mass is 35.5. The monoisotopic (exact) mass is 601 g/mol. The highest BCUT2D eigenvalue weighted by molar-refractivity contribution is 6.76. The largest absolute Gasteiger partial charge is 0.465 e. The molecule has 10 heteroatoms. The Labute approximate surface area is 247 Å². The van der Waals surface area contributed by atoms with Gasteiger partial charge in [0.05, 0.1) is 23.9 Å². The number of hydrogen-bond donors (Lipinski definition) is 1. The molecule has 7 nitrogen and oxygen atoms in total. The fourth-order valence-electron chi connectivity index (χ4n) is 5.75. The van der Waals surface area contributed by atoms with E-state index in [1.54, 1.807) is 12.1 Å². The van der Waals surface area contributed by atoms with Crippen molar-refractivity contribution >= 4 is 36.7 Å². The van der Waals surface area contributed by atoms with Gasteiger partial charge in [0.1, 0.15) is 12.5 Å². The maximum atomic E-state index is 13.8. The molecule has 41 heavy (non-hydrogen) atoms. The fraction of sp³-hybridized carbons (Fsp3) is 0.548. The smallest absolute Gasteiger partial charge is 0.407 e. The van der Waals surface area contributed by atoms with Crippen molar-refractivity contribution in [3.63, 3.8) is 0 Å². The summed E-state index contributed by atoms with van der Waals surface area (Å²) in [6.07, 6.45) is 2.22. The molecule has 3 aromatic rings. The molecule has 1 aliphatic carbocycles. The molecule has 0 radical (unpaired) electrons. The zero-order valence-corrected chi connectivity index (χ0v) is 26.2. The van der Waals surface area contributed by atoms with Crippen molar-refractivity contribution in [3.8, 4) is 0 Å². The number of amides is 1. The van der Waals surface area contributed by atoms with Crippen molar-refractivity contribution < 1.29 is 23.8 Å². The summed E-state index contributed by atoms with van der Waals surface area (Å²) in [4.78, 5) is 13.0. The Kier molecular flexibility index (Phi) is 8.81. The number of rotatable bonds is 11. The van der Waals surface area contributed by atoms with E-state index < -0.39 is 19.6 Å². The van der Waals surface area contributed by atoms with Gasteiger partial charge in [-0.15, -0.1) is 0 Å². The van der Waals surface area contributed by atoms with E-state index >= 15 is 0 Å². The predicted molar refractivity (Wildman–Crippen MR) is 162 cm³/mol. The summed E-state index contributed by atoms with van der Waals surface area (Å²) >= 11 is 6.67. The first-order chi connectivity index (χ1) is 19.5. The molecule has 2 fully saturated rings. The van der Waals surface area contributed by atoms with Crippen LogP contribution in [0.2, 0.25) is 30.7 Å². The minimum Gasteiger partial charge on any atom is -0.465 e. The van der Waals surface area contributed by atoms with Gasteiger partial charge in [0.25, 0.3) is 0 Å². The van der Waals surface area contributed by atoms with Gasteiger partial charge in [0, 0.05) is 55.1 Å². The van der Waals surface area contributed by atoms with E-state index in [-0.39, 0.29) is 11.9 Å². The Morgan fingerprint density at radius 2 is 1.88 bits per heavy atom. The van der Waals surface area contributed by atoms with Crippen LogP contribution in [0.1, 0.15) is 61.4 Å². The number of piperidine rings is 1. The SMILES string of the molecule is CC(OCC1(c2ccc(F)cc2)CCN(C(=O)O)CC1)c1cc(Cl)cc2c(C3CC3)nn(COCC[Si](C)(C)C)c12. The van der Waals surface area contributed by atoms with Crippen LogP contribution < -0.4 is 0 Å². The van der Waals surface area contributed by atoms with Crippen molar-refractivity contribution in [2.45, 2.75) is 82.5 Å². The number of benzene rings is 2. The molecule has 1 aliphatic heterocycles. The summed E-state index contributed by atoms with van der Waals surface area (Å²) in [7, 11) is -1.21. The summed E-state index contributed by atoms with van der Waals surface area (Å²) < 4.78 is 28.5. The van der Waals surface area contributed by atoms with Gasteiger partial charge >= 0.3 is 6.09 Å². The highest BCUT2D eigenvalue weighted by Crippen LogP contribution is 2.45. The van der Waals surface area contributed by atoms with Crippen LogP contribution >= 0.6 is 11.6 Å². The summed E-state index contributed by atoms with van der Waals surface area (Å²) in [6, 6.07) is 11.6. The number of nitrogens with zero attached hydrogens (tertiary/aromatic N) is 3. The number of likely N-dealkylation sites (tertiary alicyclic amines) is 1. The summed E-state index contributed by atoms with van der Waals surface area (Å²) in [5.41, 5.74) is 3.56. The van der Waals surface area contributed by atoms with Crippen LogP contribution in [0.15, 0.2) is 36.4 Å². The van der Waals surface area contributed by atoms with E-state index in [9.17, 15) is 14.3 Å². The van der Waals surface area contributed by atoms with Crippen LogP contribution in [-0.2, 0) is 21.6 Å². The van der Waals surface area contributed by atoms with Crippen LogP contribution in [0.3, 0.4) is 0 Å². The quantitative estimate of drug-likeness (QED) is 0.179. The van der Waals surface area contributed by atoms with E-state index in [1.807, 2.05) is 23.7 Å². The molecular formula is C31H41ClFN3O4Si. The van der Waals surface area contributed by atoms with Gasteiger partial charge in [-0.05, 0) is 68.5 Å². The van der Waals surface area contributed by atoms with E-state index in [0.717, 1.165) is 46.6 Å². The van der Waals surface area contributed by atoms with Crippen molar-refractivity contribution in [2.24, 2.45) is 0 Å². The number of aromatic nitrogens is 2. The molecular weight excluding hydrogens is 561 g/mol. The first-order valence-corrected chi connectivity index (χ1v) is 18.7.